The molecule has 1 unspecified atom stereocenters. The average molecular weight is 285 g/mol. The zero-order valence-corrected chi connectivity index (χ0v) is 11.1. The van der Waals surface area contributed by atoms with Crippen LogP contribution in [-0.4, -0.2) is 30.8 Å². The van der Waals surface area contributed by atoms with E-state index in [9.17, 15) is 9.59 Å². The summed E-state index contributed by atoms with van der Waals surface area (Å²) in [5, 5.41) is 9.59. The molecule has 1 aromatic carbocycles. The second-order valence-electron chi connectivity index (χ2n) is 4.27. The lowest BCUT2D eigenvalue weighted by Crippen LogP contribution is -2.27. The van der Waals surface area contributed by atoms with Crippen LogP contribution >= 0.6 is 11.6 Å². The van der Waals surface area contributed by atoms with Crippen molar-refractivity contribution in [1.82, 2.24) is 0 Å². The molecule has 1 aliphatic rings. The summed E-state index contributed by atoms with van der Waals surface area (Å²) in [7, 11) is 1.16. The van der Waals surface area contributed by atoms with E-state index in [0.29, 0.717) is 22.9 Å². The summed E-state index contributed by atoms with van der Waals surface area (Å²) < 4.78 is 9.98. The van der Waals surface area contributed by atoms with Crippen LogP contribution in [0, 0.1) is 5.92 Å². The van der Waals surface area contributed by atoms with Crippen LogP contribution in [0.5, 0.6) is 5.75 Å². The summed E-state index contributed by atoms with van der Waals surface area (Å²) in [6.07, 6.45) is 0.740. The van der Waals surface area contributed by atoms with Gasteiger partial charge in [0, 0.05) is 17.9 Å². The molecule has 5 nitrogen and oxygen atoms in total. The topological polar surface area (TPSA) is 72.8 Å². The van der Waals surface area contributed by atoms with Gasteiger partial charge in [-0.15, -0.1) is 0 Å². The lowest BCUT2D eigenvalue weighted by Gasteiger charge is -2.13. The molecule has 0 aliphatic carbocycles. The molecule has 2 rings (SSSR count). The van der Waals surface area contributed by atoms with Gasteiger partial charge in [-0.1, -0.05) is 11.6 Å². The zero-order chi connectivity index (χ0) is 14.0. The first-order valence-corrected chi connectivity index (χ1v) is 6.15. The number of carboxylic acids is 1. The van der Waals surface area contributed by atoms with Crippen LogP contribution in [0.1, 0.15) is 11.1 Å². The number of ether oxygens (including phenoxy) is 2. The number of carbonyl (C=O) groups excluding carboxylic acids is 1. The van der Waals surface area contributed by atoms with E-state index in [2.05, 4.69) is 4.74 Å². The molecular formula is C13H13ClO5. The molecule has 1 atom stereocenters. The van der Waals surface area contributed by atoms with Crippen molar-refractivity contribution in [2.24, 2.45) is 5.92 Å². The van der Waals surface area contributed by atoms with Gasteiger partial charge in [0.15, 0.2) is 5.92 Å². The highest BCUT2D eigenvalue weighted by atomic mass is 35.5. The standard InChI is InChI=1S/C13H13ClO5/c1-18-13(17)10(12(15)16)6-8-5-9(14)4-7-2-3-19-11(7)8/h4-5,10H,2-3,6H2,1H3,(H,15,16). The third-order valence-electron chi connectivity index (χ3n) is 3.03. The Morgan fingerprint density at radius 1 is 1.53 bits per heavy atom. The average Bonchev–Trinajstić information content (AvgIpc) is 2.82. The number of halogens is 1. The Morgan fingerprint density at radius 3 is 2.89 bits per heavy atom. The van der Waals surface area contributed by atoms with Gasteiger partial charge in [0.25, 0.3) is 0 Å². The summed E-state index contributed by atoms with van der Waals surface area (Å²) >= 11 is 5.99. The Balaban J connectivity index is 2.32. The van der Waals surface area contributed by atoms with E-state index >= 15 is 0 Å². The third-order valence-corrected chi connectivity index (χ3v) is 3.25. The number of aliphatic carboxylic acids is 1. The molecule has 0 amide bonds. The van der Waals surface area contributed by atoms with Crippen molar-refractivity contribution in [1.29, 1.82) is 0 Å². The van der Waals surface area contributed by atoms with E-state index in [1.54, 1.807) is 12.1 Å². The van der Waals surface area contributed by atoms with E-state index in [1.165, 1.54) is 0 Å². The first-order valence-electron chi connectivity index (χ1n) is 5.77. The quantitative estimate of drug-likeness (QED) is 0.673. The number of hydrogen-bond donors (Lipinski definition) is 1. The van der Waals surface area contributed by atoms with Crippen LogP contribution in [0.25, 0.3) is 0 Å². The number of methoxy groups -OCH3 is 1. The number of benzene rings is 1. The maximum absolute atomic E-state index is 11.5. The van der Waals surface area contributed by atoms with E-state index in [4.69, 9.17) is 21.4 Å². The molecule has 6 heteroatoms. The van der Waals surface area contributed by atoms with Gasteiger partial charge in [-0.3, -0.25) is 9.59 Å². The van der Waals surface area contributed by atoms with E-state index in [-0.39, 0.29) is 6.42 Å². The summed E-state index contributed by atoms with van der Waals surface area (Å²) in [4.78, 5) is 22.6. The molecule has 1 heterocycles. The van der Waals surface area contributed by atoms with Crippen molar-refractivity contribution < 1.29 is 24.2 Å². The Labute approximate surface area is 115 Å². The minimum absolute atomic E-state index is 0.00486. The van der Waals surface area contributed by atoms with E-state index in [0.717, 1.165) is 19.1 Å². The molecule has 0 radical (unpaired) electrons. The first-order chi connectivity index (χ1) is 9.02. The lowest BCUT2D eigenvalue weighted by molar-refractivity contribution is -0.156. The minimum Gasteiger partial charge on any atom is -0.493 e. The Morgan fingerprint density at radius 2 is 2.26 bits per heavy atom. The van der Waals surface area contributed by atoms with Crippen molar-refractivity contribution in [2.45, 2.75) is 12.8 Å². The summed E-state index contributed by atoms with van der Waals surface area (Å²) in [6.45, 7) is 0.540. The molecule has 0 fully saturated rings. The maximum Gasteiger partial charge on any atom is 0.320 e. The highest BCUT2D eigenvalue weighted by molar-refractivity contribution is 6.30. The lowest BCUT2D eigenvalue weighted by atomic mass is 9.97. The minimum atomic E-state index is -1.25. The molecule has 0 saturated heterocycles. The number of rotatable bonds is 4. The van der Waals surface area contributed by atoms with Crippen LogP contribution in [0.3, 0.4) is 0 Å². The molecule has 0 spiro atoms. The highest BCUT2D eigenvalue weighted by Gasteiger charge is 2.30. The monoisotopic (exact) mass is 284 g/mol. The van der Waals surface area contributed by atoms with Crippen LogP contribution in [0.15, 0.2) is 12.1 Å². The maximum atomic E-state index is 11.5. The second kappa shape index (κ2) is 5.48. The third kappa shape index (κ3) is 2.81. The molecule has 0 saturated carbocycles. The SMILES string of the molecule is COC(=O)C(Cc1cc(Cl)cc2c1OCC2)C(=O)O. The number of carboxylic acid groups (broad SMARTS) is 1. The van der Waals surface area contributed by atoms with Gasteiger partial charge in [0.05, 0.1) is 13.7 Å². The van der Waals surface area contributed by atoms with Crippen LogP contribution < -0.4 is 4.74 Å². The smallest absolute Gasteiger partial charge is 0.320 e. The van der Waals surface area contributed by atoms with Crippen molar-refractivity contribution in [3.63, 3.8) is 0 Å². The van der Waals surface area contributed by atoms with Crippen molar-refractivity contribution in [2.75, 3.05) is 13.7 Å². The molecule has 0 bridgehead atoms. The highest BCUT2D eigenvalue weighted by Crippen LogP contribution is 2.34. The number of carbonyl (C=O) groups is 2. The number of fused-ring (bicyclic) bond motifs is 1. The van der Waals surface area contributed by atoms with Crippen molar-refractivity contribution in [3.8, 4) is 5.75 Å². The summed E-state index contributed by atoms with van der Waals surface area (Å²) in [5.41, 5.74) is 1.56. The summed E-state index contributed by atoms with van der Waals surface area (Å²) in [5.74, 6) is -2.62. The molecule has 0 aromatic heterocycles. The predicted molar refractivity (Wildman–Crippen MR) is 67.5 cm³/mol. The molecule has 19 heavy (non-hydrogen) atoms. The first kappa shape index (κ1) is 13.7. The van der Waals surface area contributed by atoms with Crippen LogP contribution in [0.2, 0.25) is 5.02 Å². The fraction of sp³-hybridized carbons (Fsp3) is 0.385. The van der Waals surface area contributed by atoms with Gasteiger partial charge >= 0.3 is 11.9 Å². The zero-order valence-electron chi connectivity index (χ0n) is 10.3. The fourth-order valence-corrected chi connectivity index (χ4v) is 2.39. The number of hydrogen-bond acceptors (Lipinski definition) is 4. The molecule has 1 aliphatic heterocycles. The Hall–Kier alpha value is -1.75. The van der Waals surface area contributed by atoms with E-state index in [1.807, 2.05) is 0 Å². The van der Waals surface area contributed by atoms with Gasteiger partial charge < -0.3 is 14.6 Å². The van der Waals surface area contributed by atoms with Gasteiger partial charge in [0.1, 0.15) is 5.75 Å². The van der Waals surface area contributed by atoms with Crippen LogP contribution in [0.4, 0.5) is 0 Å². The Kier molecular flexibility index (Phi) is 3.95. The number of esters is 1. The van der Waals surface area contributed by atoms with Gasteiger partial charge in [0.2, 0.25) is 0 Å². The van der Waals surface area contributed by atoms with Gasteiger partial charge in [-0.25, -0.2) is 0 Å². The Bertz CT molecular complexity index is 526. The molecule has 1 N–H and O–H groups in total. The molecule has 1 aromatic rings. The molecule has 102 valence electrons. The predicted octanol–water partition coefficient (Wildman–Crippen LogP) is 1.69. The van der Waals surface area contributed by atoms with Gasteiger partial charge in [-0.2, -0.15) is 0 Å². The van der Waals surface area contributed by atoms with Crippen LogP contribution in [-0.2, 0) is 27.2 Å². The van der Waals surface area contributed by atoms with Crippen molar-refractivity contribution >= 4 is 23.5 Å². The normalized spacial score (nSPS) is 14.4. The van der Waals surface area contributed by atoms with Crippen molar-refractivity contribution in [3.05, 3.63) is 28.3 Å². The second-order valence-corrected chi connectivity index (χ2v) is 4.71. The van der Waals surface area contributed by atoms with E-state index < -0.39 is 17.9 Å². The van der Waals surface area contributed by atoms with Gasteiger partial charge in [-0.05, 0) is 23.3 Å². The largest absolute Gasteiger partial charge is 0.493 e. The summed E-state index contributed by atoms with van der Waals surface area (Å²) in [6, 6.07) is 3.42. The molecular weight excluding hydrogens is 272 g/mol. The fourth-order valence-electron chi connectivity index (χ4n) is 2.13.